The Morgan fingerprint density at radius 3 is 2.67 bits per heavy atom. The number of rotatable bonds is 6. The molecule has 21 heavy (non-hydrogen) atoms. The molecule has 0 saturated carbocycles. The molecule has 2 aromatic rings. The summed E-state index contributed by atoms with van der Waals surface area (Å²) in [7, 11) is 5.26. The third-order valence-corrected chi connectivity index (χ3v) is 3.49. The van der Waals surface area contributed by atoms with E-state index in [1.54, 1.807) is 36.1 Å². The molecule has 1 aromatic carbocycles. The van der Waals surface area contributed by atoms with E-state index >= 15 is 0 Å². The number of amides is 1. The van der Waals surface area contributed by atoms with E-state index in [2.05, 4.69) is 17.2 Å². The van der Waals surface area contributed by atoms with Crippen LogP contribution < -0.4 is 0 Å². The smallest absolute Gasteiger partial charge is 0.257 e. The van der Waals surface area contributed by atoms with E-state index in [0.29, 0.717) is 12.2 Å². The highest BCUT2D eigenvalue weighted by molar-refractivity contribution is 5.93. The molecule has 1 atom stereocenters. The monoisotopic (exact) mass is 287 g/mol. The van der Waals surface area contributed by atoms with Gasteiger partial charge < -0.3 is 9.64 Å². The van der Waals surface area contributed by atoms with Gasteiger partial charge in [-0.25, -0.2) is 0 Å². The summed E-state index contributed by atoms with van der Waals surface area (Å²) in [5, 5.41) is 4.05. The van der Waals surface area contributed by atoms with Gasteiger partial charge in [-0.15, -0.1) is 0 Å². The number of carbonyl (C=O) groups excluding carboxylic acids is 1. The van der Waals surface area contributed by atoms with Crippen molar-refractivity contribution in [3.63, 3.8) is 0 Å². The third-order valence-electron chi connectivity index (χ3n) is 3.49. The van der Waals surface area contributed by atoms with Crippen LogP contribution >= 0.6 is 0 Å². The molecule has 1 aromatic heterocycles. The average molecular weight is 287 g/mol. The summed E-state index contributed by atoms with van der Waals surface area (Å²) >= 11 is 0. The van der Waals surface area contributed by atoms with Crippen molar-refractivity contribution in [2.45, 2.75) is 12.5 Å². The summed E-state index contributed by atoms with van der Waals surface area (Å²) < 4.78 is 6.90. The molecule has 112 valence electrons. The van der Waals surface area contributed by atoms with Crippen LogP contribution in [0.1, 0.15) is 15.9 Å². The number of hydrogen-bond donors (Lipinski definition) is 0. The molecule has 5 nitrogen and oxygen atoms in total. The molecule has 0 spiro atoms. The summed E-state index contributed by atoms with van der Waals surface area (Å²) in [5.74, 6) is -0.0407. The van der Waals surface area contributed by atoms with E-state index in [1.165, 1.54) is 5.56 Å². The van der Waals surface area contributed by atoms with Crippen molar-refractivity contribution < 1.29 is 9.53 Å². The standard InChI is InChI=1S/C16H21N3O2/c1-18-11-14(10-17-18)16(20)19(2)15(12-21-3)9-13-7-5-4-6-8-13/h4-8,10-11,15H,9,12H2,1-3H3/t15-/m0/s1. The Bertz CT molecular complexity index is 580. The number of methoxy groups -OCH3 is 1. The first kappa shape index (κ1) is 15.3. The molecular formula is C16H21N3O2. The van der Waals surface area contributed by atoms with Crippen LogP contribution in [0.5, 0.6) is 0 Å². The van der Waals surface area contributed by atoms with Crippen molar-refractivity contribution in [3.05, 3.63) is 53.9 Å². The fourth-order valence-electron chi connectivity index (χ4n) is 2.29. The maximum atomic E-state index is 12.5. The first-order valence-electron chi connectivity index (χ1n) is 6.90. The summed E-state index contributed by atoms with van der Waals surface area (Å²) in [6, 6.07) is 10.1. The molecular weight excluding hydrogens is 266 g/mol. The molecule has 0 radical (unpaired) electrons. The minimum Gasteiger partial charge on any atom is -0.383 e. The van der Waals surface area contributed by atoms with Crippen molar-refractivity contribution in [2.75, 3.05) is 20.8 Å². The van der Waals surface area contributed by atoms with E-state index in [1.807, 2.05) is 25.2 Å². The predicted molar refractivity (Wildman–Crippen MR) is 81.1 cm³/mol. The lowest BCUT2D eigenvalue weighted by Gasteiger charge is -2.27. The van der Waals surface area contributed by atoms with Crippen LogP contribution in [0.15, 0.2) is 42.7 Å². The van der Waals surface area contributed by atoms with Crippen LogP contribution in [0, 0.1) is 0 Å². The molecule has 1 amide bonds. The van der Waals surface area contributed by atoms with Crippen LogP contribution in [-0.2, 0) is 18.2 Å². The molecule has 0 bridgehead atoms. The number of aryl methyl sites for hydroxylation is 1. The second kappa shape index (κ2) is 7.04. The van der Waals surface area contributed by atoms with Gasteiger partial charge in [0.25, 0.3) is 5.91 Å². The molecule has 5 heteroatoms. The van der Waals surface area contributed by atoms with Gasteiger partial charge >= 0.3 is 0 Å². The van der Waals surface area contributed by atoms with Crippen molar-refractivity contribution >= 4 is 5.91 Å². The quantitative estimate of drug-likeness (QED) is 0.813. The molecule has 0 N–H and O–H groups in total. The Kier molecular flexibility index (Phi) is 5.11. The Labute approximate surface area is 125 Å². The van der Waals surface area contributed by atoms with E-state index in [0.717, 1.165) is 6.42 Å². The van der Waals surface area contributed by atoms with Gasteiger partial charge in [-0.05, 0) is 12.0 Å². The summed E-state index contributed by atoms with van der Waals surface area (Å²) in [6.45, 7) is 0.497. The highest BCUT2D eigenvalue weighted by Crippen LogP contribution is 2.12. The third kappa shape index (κ3) is 3.92. The second-order valence-corrected chi connectivity index (χ2v) is 5.12. The zero-order valence-electron chi connectivity index (χ0n) is 12.7. The van der Waals surface area contributed by atoms with Crippen LogP contribution in [-0.4, -0.2) is 47.4 Å². The van der Waals surface area contributed by atoms with Gasteiger partial charge in [0.05, 0.1) is 24.4 Å². The van der Waals surface area contributed by atoms with Crippen LogP contribution in [0.4, 0.5) is 0 Å². The molecule has 0 aliphatic rings. The van der Waals surface area contributed by atoms with Crippen molar-refractivity contribution in [3.8, 4) is 0 Å². The molecule has 0 aliphatic carbocycles. The van der Waals surface area contributed by atoms with Gasteiger partial charge in [0.2, 0.25) is 0 Å². The number of ether oxygens (including phenoxy) is 1. The molecule has 0 fully saturated rings. The highest BCUT2D eigenvalue weighted by Gasteiger charge is 2.22. The zero-order chi connectivity index (χ0) is 15.2. The van der Waals surface area contributed by atoms with E-state index in [4.69, 9.17) is 4.74 Å². The fourth-order valence-corrected chi connectivity index (χ4v) is 2.29. The molecule has 2 rings (SSSR count). The number of aromatic nitrogens is 2. The normalized spacial score (nSPS) is 12.1. The Hall–Kier alpha value is -2.14. The van der Waals surface area contributed by atoms with Crippen LogP contribution in [0.25, 0.3) is 0 Å². The van der Waals surface area contributed by atoms with Crippen molar-refractivity contribution in [1.82, 2.24) is 14.7 Å². The van der Waals surface area contributed by atoms with Crippen LogP contribution in [0.3, 0.4) is 0 Å². The lowest BCUT2D eigenvalue weighted by atomic mass is 10.0. The number of benzene rings is 1. The fraction of sp³-hybridized carbons (Fsp3) is 0.375. The summed E-state index contributed by atoms with van der Waals surface area (Å²) in [4.78, 5) is 14.2. The minimum atomic E-state index is -0.0407. The molecule has 1 heterocycles. The van der Waals surface area contributed by atoms with Crippen molar-refractivity contribution in [1.29, 1.82) is 0 Å². The van der Waals surface area contributed by atoms with Crippen LogP contribution in [0.2, 0.25) is 0 Å². The van der Waals surface area contributed by atoms with Gasteiger partial charge in [-0.3, -0.25) is 9.48 Å². The van der Waals surface area contributed by atoms with E-state index in [-0.39, 0.29) is 11.9 Å². The number of carbonyl (C=O) groups is 1. The highest BCUT2D eigenvalue weighted by atomic mass is 16.5. The van der Waals surface area contributed by atoms with E-state index in [9.17, 15) is 4.79 Å². The first-order chi connectivity index (χ1) is 10.1. The van der Waals surface area contributed by atoms with Gasteiger partial charge in [-0.1, -0.05) is 30.3 Å². The van der Waals surface area contributed by atoms with Gasteiger partial charge in [0.15, 0.2) is 0 Å². The Morgan fingerprint density at radius 2 is 2.10 bits per heavy atom. The zero-order valence-corrected chi connectivity index (χ0v) is 12.7. The lowest BCUT2D eigenvalue weighted by Crippen LogP contribution is -2.41. The SMILES string of the molecule is COC[C@H](Cc1ccccc1)N(C)C(=O)c1cnn(C)c1. The number of nitrogens with zero attached hydrogens (tertiary/aromatic N) is 3. The Balaban J connectivity index is 2.11. The molecule has 0 saturated heterocycles. The van der Waals surface area contributed by atoms with E-state index < -0.39 is 0 Å². The van der Waals surface area contributed by atoms with Gasteiger partial charge in [0.1, 0.15) is 0 Å². The largest absolute Gasteiger partial charge is 0.383 e. The first-order valence-corrected chi connectivity index (χ1v) is 6.90. The number of likely N-dealkylation sites (N-methyl/N-ethyl adjacent to an activating group) is 1. The Morgan fingerprint density at radius 1 is 1.38 bits per heavy atom. The minimum absolute atomic E-state index is 0.00916. The summed E-state index contributed by atoms with van der Waals surface area (Å²) in [6.07, 6.45) is 4.08. The molecule has 0 unspecified atom stereocenters. The summed E-state index contributed by atoms with van der Waals surface area (Å²) in [5.41, 5.74) is 1.78. The predicted octanol–water partition coefficient (Wildman–Crippen LogP) is 1.75. The molecule has 0 aliphatic heterocycles. The maximum Gasteiger partial charge on any atom is 0.257 e. The van der Waals surface area contributed by atoms with Gasteiger partial charge in [0, 0.05) is 27.4 Å². The second-order valence-electron chi connectivity index (χ2n) is 5.12. The average Bonchev–Trinajstić information content (AvgIpc) is 2.93. The van der Waals surface area contributed by atoms with Crippen molar-refractivity contribution in [2.24, 2.45) is 7.05 Å². The van der Waals surface area contributed by atoms with Gasteiger partial charge in [-0.2, -0.15) is 5.10 Å². The lowest BCUT2D eigenvalue weighted by molar-refractivity contribution is 0.0604. The topological polar surface area (TPSA) is 47.4 Å². The maximum absolute atomic E-state index is 12.5. The number of hydrogen-bond acceptors (Lipinski definition) is 3.